The van der Waals surface area contributed by atoms with Crippen molar-refractivity contribution in [2.24, 2.45) is 5.92 Å². The van der Waals surface area contributed by atoms with Gasteiger partial charge in [0.15, 0.2) is 0 Å². The molecule has 1 aromatic rings. The fourth-order valence-electron chi connectivity index (χ4n) is 2.18. The Morgan fingerprint density at radius 3 is 2.82 bits per heavy atom. The van der Waals surface area contributed by atoms with Crippen molar-refractivity contribution in [3.8, 4) is 0 Å². The van der Waals surface area contributed by atoms with Crippen LogP contribution in [0.4, 0.5) is 18.9 Å². The van der Waals surface area contributed by atoms with E-state index in [1.807, 2.05) is 7.05 Å². The molecule has 1 heterocycles. The quantitative estimate of drug-likeness (QED) is 0.835. The summed E-state index contributed by atoms with van der Waals surface area (Å²) in [5.74, 6) is 0.344. The molecular formula is C12H15F3N2. The molecule has 2 nitrogen and oxygen atoms in total. The number of nitrogens with one attached hydrogen (secondary N) is 2. The van der Waals surface area contributed by atoms with Gasteiger partial charge in [-0.05, 0) is 49.7 Å². The van der Waals surface area contributed by atoms with E-state index in [1.54, 1.807) is 0 Å². The first-order valence-electron chi connectivity index (χ1n) is 5.59. The van der Waals surface area contributed by atoms with Gasteiger partial charge in [-0.3, -0.25) is 0 Å². The number of hydrogen-bond donors (Lipinski definition) is 2. The molecule has 94 valence electrons. The van der Waals surface area contributed by atoms with E-state index < -0.39 is 11.7 Å². The molecule has 0 aliphatic carbocycles. The third-order valence-corrected chi connectivity index (χ3v) is 3.02. The highest BCUT2D eigenvalue weighted by Crippen LogP contribution is 2.33. The van der Waals surface area contributed by atoms with Gasteiger partial charge in [-0.1, -0.05) is 0 Å². The first-order valence-corrected chi connectivity index (χ1v) is 5.59. The summed E-state index contributed by atoms with van der Waals surface area (Å²) in [5.41, 5.74) is 1.01. The molecular weight excluding hydrogens is 229 g/mol. The van der Waals surface area contributed by atoms with E-state index in [4.69, 9.17) is 0 Å². The minimum absolute atomic E-state index is 0.344. The summed E-state index contributed by atoms with van der Waals surface area (Å²) in [7, 11) is 1.85. The van der Waals surface area contributed by atoms with Crippen molar-refractivity contribution in [1.29, 1.82) is 0 Å². The smallest absolute Gasteiger partial charge is 0.384 e. The molecule has 0 radical (unpaired) electrons. The number of alkyl halides is 3. The molecule has 17 heavy (non-hydrogen) atoms. The molecule has 1 aliphatic rings. The van der Waals surface area contributed by atoms with Crippen molar-refractivity contribution in [1.82, 2.24) is 5.32 Å². The van der Waals surface area contributed by atoms with Crippen LogP contribution in [0, 0.1) is 5.92 Å². The molecule has 0 amide bonds. The number of anilines is 1. The highest BCUT2D eigenvalue weighted by molar-refractivity contribution is 5.55. The van der Waals surface area contributed by atoms with Crippen LogP contribution in [-0.4, -0.2) is 20.1 Å². The molecule has 0 spiro atoms. The van der Waals surface area contributed by atoms with Gasteiger partial charge in [0.1, 0.15) is 0 Å². The molecule has 1 unspecified atom stereocenters. The highest BCUT2D eigenvalue weighted by atomic mass is 19.4. The molecule has 0 bridgehead atoms. The Morgan fingerprint density at radius 1 is 1.41 bits per heavy atom. The number of hydrogen-bond acceptors (Lipinski definition) is 2. The zero-order valence-corrected chi connectivity index (χ0v) is 9.56. The van der Waals surface area contributed by atoms with Gasteiger partial charge in [0, 0.05) is 12.2 Å². The van der Waals surface area contributed by atoms with Crippen LogP contribution < -0.4 is 10.6 Å². The van der Waals surface area contributed by atoms with E-state index in [9.17, 15) is 13.2 Å². The minimum atomic E-state index is -4.26. The Hall–Kier alpha value is -1.23. The Kier molecular flexibility index (Phi) is 3.28. The third kappa shape index (κ3) is 2.72. The van der Waals surface area contributed by atoms with Crippen LogP contribution in [0.2, 0.25) is 0 Å². The average molecular weight is 244 g/mol. The second kappa shape index (κ2) is 4.56. The molecule has 5 heteroatoms. The molecule has 0 fully saturated rings. The normalized spacial score (nSPS) is 19.6. The maximum absolute atomic E-state index is 12.6. The van der Waals surface area contributed by atoms with Crippen LogP contribution >= 0.6 is 0 Å². The topological polar surface area (TPSA) is 24.1 Å². The van der Waals surface area contributed by atoms with E-state index in [0.29, 0.717) is 12.3 Å². The third-order valence-electron chi connectivity index (χ3n) is 3.02. The maximum Gasteiger partial charge on any atom is 0.416 e. The van der Waals surface area contributed by atoms with Crippen molar-refractivity contribution in [3.63, 3.8) is 0 Å². The maximum atomic E-state index is 12.6. The number of fused-ring (bicyclic) bond motifs is 1. The van der Waals surface area contributed by atoms with E-state index in [-0.39, 0.29) is 0 Å². The van der Waals surface area contributed by atoms with Gasteiger partial charge in [-0.15, -0.1) is 0 Å². The van der Waals surface area contributed by atoms with Crippen LogP contribution in [0.5, 0.6) is 0 Å². The van der Waals surface area contributed by atoms with Gasteiger partial charge in [-0.25, -0.2) is 0 Å². The van der Waals surface area contributed by atoms with E-state index >= 15 is 0 Å². The van der Waals surface area contributed by atoms with E-state index in [2.05, 4.69) is 10.6 Å². The SMILES string of the molecule is CNCC1CNc2ccc(C(F)(F)F)cc2C1. The van der Waals surface area contributed by atoms with Crippen molar-refractivity contribution >= 4 is 5.69 Å². The van der Waals surface area contributed by atoms with Crippen LogP contribution in [0.1, 0.15) is 11.1 Å². The van der Waals surface area contributed by atoms with Gasteiger partial charge in [0.05, 0.1) is 5.56 Å². The molecule has 2 rings (SSSR count). The first kappa shape index (κ1) is 12.2. The van der Waals surface area contributed by atoms with Crippen molar-refractivity contribution in [2.75, 3.05) is 25.5 Å². The molecule has 2 N–H and O–H groups in total. The van der Waals surface area contributed by atoms with Crippen molar-refractivity contribution in [3.05, 3.63) is 29.3 Å². The summed E-state index contributed by atoms with van der Waals surface area (Å²) in [4.78, 5) is 0. The summed E-state index contributed by atoms with van der Waals surface area (Å²) < 4.78 is 37.7. The summed E-state index contributed by atoms with van der Waals surface area (Å²) in [6.07, 6.45) is -3.57. The molecule has 0 saturated heterocycles. The first-order chi connectivity index (χ1) is 8.00. The standard InChI is InChI=1S/C12H15F3N2/c1-16-6-8-4-9-5-10(12(13,14)15)2-3-11(9)17-7-8/h2-3,5,8,16-17H,4,6-7H2,1H3. The minimum Gasteiger partial charge on any atom is -0.384 e. The monoisotopic (exact) mass is 244 g/mol. The van der Waals surface area contributed by atoms with E-state index in [1.165, 1.54) is 12.1 Å². The molecule has 1 aromatic carbocycles. The van der Waals surface area contributed by atoms with Gasteiger partial charge < -0.3 is 10.6 Å². The predicted octanol–water partition coefficient (Wildman–Crippen LogP) is 2.51. The molecule has 1 aliphatic heterocycles. The average Bonchev–Trinajstić information content (AvgIpc) is 2.27. The fourth-order valence-corrected chi connectivity index (χ4v) is 2.18. The molecule has 0 aromatic heterocycles. The highest BCUT2D eigenvalue weighted by Gasteiger charge is 2.31. The van der Waals surface area contributed by atoms with Crippen LogP contribution in [0.15, 0.2) is 18.2 Å². The van der Waals surface area contributed by atoms with Crippen molar-refractivity contribution < 1.29 is 13.2 Å². The Labute approximate surface area is 98.2 Å². The fraction of sp³-hybridized carbons (Fsp3) is 0.500. The Balaban J connectivity index is 2.23. The Morgan fingerprint density at radius 2 is 2.18 bits per heavy atom. The second-order valence-electron chi connectivity index (χ2n) is 4.38. The predicted molar refractivity (Wildman–Crippen MR) is 61.1 cm³/mol. The summed E-state index contributed by atoms with van der Waals surface area (Å²) in [6.45, 7) is 1.61. The van der Waals surface area contributed by atoms with Gasteiger partial charge >= 0.3 is 6.18 Å². The van der Waals surface area contributed by atoms with Gasteiger partial charge in [0.25, 0.3) is 0 Å². The van der Waals surface area contributed by atoms with Gasteiger partial charge in [-0.2, -0.15) is 13.2 Å². The Bertz CT molecular complexity index is 401. The lowest BCUT2D eigenvalue weighted by Crippen LogP contribution is -2.31. The van der Waals surface area contributed by atoms with Crippen LogP contribution in [0.3, 0.4) is 0 Å². The lowest BCUT2D eigenvalue weighted by atomic mass is 9.92. The van der Waals surface area contributed by atoms with Crippen molar-refractivity contribution in [2.45, 2.75) is 12.6 Å². The lowest BCUT2D eigenvalue weighted by molar-refractivity contribution is -0.137. The number of halogens is 3. The summed E-state index contributed by atoms with van der Waals surface area (Å²) in [5, 5.41) is 6.22. The van der Waals surface area contributed by atoms with Crippen LogP contribution in [-0.2, 0) is 12.6 Å². The zero-order chi connectivity index (χ0) is 12.5. The molecule has 0 saturated carbocycles. The van der Waals surface area contributed by atoms with Gasteiger partial charge in [0.2, 0.25) is 0 Å². The summed E-state index contributed by atoms with van der Waals surface area (Å²) >= 11 is 0. The second-order valence-corrected chi connectivity index (χ2v) is 4.38. The van der Waals surface area contributed by atoms with Crippen LogP contribution in [0.25, 0.3) is 0 Å². The van der Waals surface area contributed by atoms with E-state index in [0.717, 1.165) is 30.4 Å². The summed E-state index contributed by atoms with van der Waals surface area (Å²) in [6, 6.07) is 3.90. The number of rotatable bonds is 2. The number of benzene rings is 1. The zero-order valence-electron chi connectivity index (χ0n) is 9.56. The lowest BCUT2D eigenvalue weighted by Gasteiger charge is -2.26. The molecule has 1 atom stereocenters. The largest absolute Gasteiger partial charge is 0.416 e.